The molecular formula is C10H10NO. The summed E-state index contributed by atoms with van der Waals surface area (Å²) in [6.45, 7) is 1.78. The van der Waals surface area contributed by atoms with Crippen LogP contribution in [0, 0.1) is 6.54 Å². The Balaban J connectivity index is 2.32. The predicted molar refractivity (Wildman–Crippen MR) is 46.3 cm³/mol. The highest BCUT2D eigenvalue weighted by molar-refractivity contribution is 5.78. The highest BCUT2D eigenvalue weighted by Gasteiger charge is 2.10. The average Bonchev–Trinajstić information content (AvgIpc) is 2.29. The Labute approximate surface area is 71.6 Å². The summed E-state index contributed by atoms with van der Waals surface area (Å²) in [5, 5.41) is 2.74. The third-order valence-electron chi connectivity index (χ3n) is 2.07. The molecule has 1 heterocycles. The average molecular weight is 160 g/mol. The van der Waals surface area contributed by atoms with Crippen LogP contribution in [0.15, 0.2) is 24.3 Å². The van der Waals surface area contributed by atoms with Crippen LogP contribution in [0.4, 0.5) is 0 Å². The third kappa shape index (κ3) is 1.33. The minimum absolute atomic E-state index is 0.103. The fourth-order valence-corrected chi connectivity index (χ4v) is 1.38. The van der Waals surface area contributed by atoms with Gasteiger partial charge in [0, 0.05) is 6.42 Å². The Kier molecular flexibility index (Phi) is 1.82. The molecule has 2 rings (SSSR count). The van der Waals surface area contributed by atoms with E-state index in [0.717, 1.165) is 12.0 Å². The molecule has 1 aromatic carbocycles. The molecule has 1 aliphatic rings. The first-order chi connectivity index (χ1) is 5.86. The number of hydrogen-bond donors (Lipinski definition) is 1. The van der Waals surface area contributed by atoms with E-state index in [1.165, 1.54) is 5.56 Å². The zero-order valence-electron chi connectivity index (χ0n) is 6.71. The molecule has 0 spiro atoms. The van der Waals surface area contributed by atoms with Crippen LogP contribution in [0.25, 0.3) is 0 Å². The van der Waals surface area contributed by atoms with Crippen molar-refractivity contribution in [1.29, 1.82) is 0 Å². The van der Waals surface area contributed by atoms with Gasteiger partial charge in [-0.3, -0.25) is 4.79 Å². The summed E-state index contributed by atoms with van der Waals surface area (Å²) in [5.74, 6) is 0.103. The summed E-state index contributed by atoms with van der Waals surface area (Å²) in [5.41, 5.74) is 2.37. The van der Waals surface area contributed by atoms with Crippen LogP contribution in [-0.4, -0.2) is 5.91 Å². The monoisotopic (exact) mass is 160 g/mol. The molecule has 0 aliphatic carbocycles. The van der Waals surface area contributed by atoms with Gasteiger partial charge in [0.15, 0.2) is 0 Å². The number of carbonyl (C=O) groups is 1. The SMILES string of the molecule is O=C1CCc2ccccc2[CH]N1. The second-order valence-corrected chi connectivity index (χ2v) is 2.91. The molecule has 0 atom stereocenters. The van der Waals surface area contributed by atoms with Crippen LogP contribution in [0.3, 0.4) is 0 Å². The number of benzene rings is 1. The number of carbonyl (C=O) groups excluding carboxylic acids is 1. The van der Waals surface area contributed by atoms with E-state index in [1.807, 2.05) is 18.2 Å². The van der Waals surface area contributed by atoms with Crippen molar-refractivity contribution in [2.45, 2.75) is 12.8 Å². The van der Waals surface area contributed by atoms with Crippen molar-refractivity contribution >= 4 is 5.91 Å². The molecule has 0 bridgehead atoms. The predicted octanol–water partition coefficient (Wildman–Crippen LogP) is 1.26. The van der Waals surface area contributed by atoms with Crippen LogP contribution in [0.5, 0.6) is 0 Å². The zero-order chi connectivity index (χ0) is 8.39. The van der Waals surface area contributed by atoms with Crippen LogP contribution in [0.1, 0.15) is 17.5 Å². The van der Waals surface area contributed by atoms with Crippen LogP contribution in [-0.2, 0) is 11.2 Å². The molecule has 2 nitrogen and oxygen atoms in total. The van der Waals surface area contributed by atoms with Gasteiger partial charge in [0.2, 0.25) is 5.91 Å². The second-order valence-electron chi connectivity index (χ2n) is 2.91. The summed E-state index contributed by atoms with van der Waals surface area (Å²) in [4.78, 5) is 11.0. The molecule has 0 aromatic heterocycles. The number of aryl methyl sites for hydroxylation is 1. The van der Waals surface area contributed by atoms with Gasteiger partial charge in [0.25, 0.3) is 0 Å². The van der Waals surface area contributed by atoms with Crippen molar-refractivity contribution in [2.24, 2.45) is 0 Å². The van der Waals surface area contributed by atoms with E-state index in [4.69, 9.17) is 0 Å². The van der Waals surface area contributed by atoms with E-state index >= 15 is 0 Å². The molecule has 1 amide bonds. The third-order valence-corrected chi connectivity index (χ3v) is 2.07. The van der Waals surface area contributed by atoms with Gasteiger partial charge in [-0.15, -0.1) is 0 Å². The molecule has 1 N–H and O–H groups in total. The molecule has 1 aliphatic heterocycles. The van der Waals surface area contributed by atoms with Gasteiger partial charge in [0.05, 0.1) is 6.54 Å². The van der Waals surface area contributed by atoms with Crippen molar-refractivity contribution in [3.05, 3.63) is 41.9 Å². The van der Waals surface area contributed by atoms with Crippen molar-refractivity contribution in [3.8, 4) is 0 Å². The van der Waals surface area contributed by atoms with E-state index in [1.54, 1.807) is 6.54 Å². The molecular weight excluding hydrogens is 150 g/mol. The lowest BCUT2D eigenvalue weighted by atomic mass is 10.0. The fourth-order valence-electron chi connectivity index (χ4n) is 1.38. The first-order valence-corrected chi connectivity index (χ1v) is 4.07. The first kappa shape index (κ1) is 7.35. The van der Waals surface area contributed by atoms with Gasteiger partial charge in [-0.2, -0.15) is 0 Å². The molecule has 12 heavy (non-hydrogen) atoms. The second kappa shape index (κ2) is 2.97. The van der Waals surface area contributed by atoms with Gasteiger partial charge >= 0.3 is 0 Å². The number of hydrogen-bond acceptors (Lipinski definition) is 1. The van der Waals surface area contributed by atoms with E-state index in [2.05, 4.69) is 11.4 Å². The lowest BCUT2D eigenvalue weighted by molar-refractivity contribution is -0.120. The van der Waals surface area contributed by atoms with Crippen molar-refractivity contribution in [1.82, 2.24) is 5.32 Å². The fraction of sp³-hybridized carbons (Fsp3) is 0.200. The lowest BCUT2D eigenvalue weighted by Crippen LogP contribution is -2.18. The maximum atomic E-state index is 11.0. The van der Waals surface area contributed by atoms with Gasteiger partial charge in [0.1, 0.15) is 0 Å². The molecule has 0 unspecified atom stereocenters. The zero-order valence-corrected chi connectivity index (χ0v) is 6.71. The Hall–Kier alpha value is -1.31. The molecule has 1 aromatic rings. The summed E-state index contributed by atoms with van der Waals surface area (Å²) < 4.78 is 0. The Morgan fingerprint density at radius 1 is 1.17 bits per heavy atom. The maximum absolute atomic E-state index is 11.0. The topological polar surface area (TPSA) is 29.1 Å². The maximum Gasteiger partial charge on any atom is 0.220 e. The van der Waals surface area contributed by atoms with E-state index in [0.29, 0.717) is 6.42 Å². The summed E-state index contributed by atoms with van der Waals surface area (Å²) in [7, 11) is 0. The van der Waals surface area contributed by atoms with Crippen LogP contribution in [0.2, 0.25) is 0 Å². The molecule has 1 radical (unpaired) electrons. The first-order valence-electron chi connectivity index (χ1n) is 4.07. The Morgan fingerprint density at radius 2 is 2.00 bits per heavy atom. The van der Waals surface area contributed by atoms with Crippen molar-refractivity contribution in [2.75, 3.05) is 0 Å². The number of nitrogens with one attached hydrogen (secondary N) is 1. The minimum Gasteiger partial charge on any atom is -0.347 e. The Bertz CT molecular complexity index is 277. The molecule has 61 valence electrons. The largest absolute Gasteiger partial charge is 0.347 e. The minimum atomic E-state index is 0.103. The number of rotatable bonds is 0. The van der Waals surface area contributed by atoms with Crippen molar-refractivity contribution < 1.29 is 4.79 Å². The Morgan fingerprint density at radius 3 is 2.92 bits per heavy atom. The summed E-state index contributed by atoms with van der Waals surface area (Å²) in [6, 6.07) is 8.06. The normalized spacial score (nSPS) is 16.2. The van der Waals surface area contributed by atoms with E-state index < -0.39 is 0 Å². The summed E-state index contributed by atoms with van der Waals surface area (Å²) in [6.07, 6.45) is 1.44. The van der Waals surface area contributed by atoms with E-state index in [9.17, 15) is 4.79 Å². The van der Waals surface area contributed by atoms with Gasteiger partial charge in [-0.1, -0.05) is 24.3 Å². The van der Waals surface area contributed by atoms with Crippen LogP contribution < -0.4 is 5.32 Å². The highest BCUT2D eigenvalue weighted by Crippen LogP contribution is 2.14. The standard InChI is InChI=1S/C10H10NO/c12-10-6-5-8-3-1-2-4-9(8)7-11-10/h1-4,7H,5-6H2,(H,11,12). The summed E-state index contributed by atoms with van der Waals surface area (Å²) >= 11 is 0. The lowest BCUT2D eigenvalue weighted by Gasteiger charge is -2.01. The van der Waals surface area contributed by atoms with Crippen LogP contribution >= 0.6 is 0 Å². The quantitative estimate of drug-likeness (QED) is 0.608. The van der Waals surface area contributed by atoms with Gasteiger partial charge in [-0.05, 0) is 17.5 Å². The van der Waals surface area contributed by atoms with Crippen molar-refractivity contribution in [3.63, 3.8) is 0 Å². The van der Waals surface area contributed by atoms with Gasteiger partial charge in [-0.25, -0.2) is 0 Å². The molecule has 0 saturated carbocycles. The molecule has 0 fully saturated rings. The number of fused-ring (bicyclic) bond motifs is 1. The van der Waals surface area contributed by atoms with Gasteiger partial charge < -0.3 is 5.32 Å². The van der Waals surface area contributed by atoms with E-state index in [-0.39, 0.29) is 5.91 Å². The number of amides is 1. The highest BCUT2D eigenvalue weighted by atomic mass is 16.1. The smallest absolute Gasteiger partial charge is 0.220 e. The molecule has 2 heteroatoms. The molecule has 0 saturated heterocycles.